The van der Waals surface area contributed by atoms with Gasteiger partial charge in [-0.15, -0.1) is 0 Å². The van der Waals surface area contributed by atoms with Gasteiger partial charge >= 0.3 is 17.8 Å². The number of aromatic nitrogens is 1. The van der Waals surface area contributed by atoms with Crippen LogP contribution in [-0.4, -0.2) is 30.3 Å². The molecule has 144 valence electrons. The molecule has 6 nitrogen and oxygen atoms in total. The second kappa shape index (κ2) is 8.26. The number of rotatable bonds is 6. The Balaban J connectivity index is 2.51. The van der Waals surface area contributed by atoms with Crippen LogP contribution in [-0.2, 0) is 9.53 Å². The molecule has 0 spiro atoms. The van der Waals surface area contributed by atoms with Crippen molar-refractivity contribution >= 4 is 29.3 Å². The van der Waals surface area contributed by atoms with Crippen LogP contribution in [0.5, 0.6) is 0 Å². The molecule has 1 amide bonds. The predicted molar refractivity (Wildman–Crippen MR) is 91.0 cm³/mol. The zero-order valence-electron chi connectivity index (χ0n) is 14.1. The van der Waals surface area contributed by atoms with Gasteiger partial charge in [-0.3, -0.25) is 10.1 Å². The molecule has 3 N–H and O–H groups in total. The van der Waals surface area contributed by atoms with Gasteiger partial charge in [0.2, 0.25) is 0 Å². The summed E-state index contributed by atoms with van der Waals surface area (Å²) in [6.07, 6.45) is -3.88. The van der Waals surface area contributed by atoms with E-state index in [9.17, 15) is 22.8 Å². The van der Waals surface area contributed by atoms with Gasteiger partial charge in [-0.1, -0.05) is 29.8 Å². The number of hydrogen-bond acceptors (Lipinski definition) is 4. The third kappa shape index (κ3) is 4.48. The standard InChI is InChI=1S/C17H15ClF3N3O3/c1-2-27-15(26)16(17(19,20)21,23-13-9-5-6-10-22-13)24-14(25)11-7-3-4-8-12(11)18/h3-10H,2H2,1H3,(H,22,23)(H,24,25)/p+1/t16-/m0/s1. The molecule has 2 aromatic rings. The number of esters is 1. The third-order valence-electron chi connectivity index (χ3n) is 3.46. The number of halogens is 4. The molecule has 1 aromatic carbocycles. The van der Waals surface area contributed by atoms with Crippen LogP contribution < -0.4 is 15.6 Å². The van der Waals surface area contributed by atoms with Crippen LogP contribution >= 0.6 is 11.6 Å². The molecule has 0 fully saturated rings. The Kier molecular flexibility index (Phi) is 6.27. The van der Waals surface area contributed by atoms with Gasteiger partial charge in [-0.05, 0) is 25.1 Å². The maximum Gasteiger partial charge on any atom is 0.464 e. The maximum atomic E-state index is 14.0. The molecular formula is C17H16ClF3N3O3+. The fourth-order valence-electron chi connectivity index (χ4n) is 2.19. The van der Waals surface area contributed by atoms with E-state index >= 15 is 0 Å². The van der Waals surface area contributed by atoms with Crippen molar-refractivity contribution < 1.29 is 32.5 Å². The Hall–Kier alpha value is -2.81. The monoisotopic (exact) mass is 402 g/mol. The Labute approximate surface area is 157 Å². The van der Waals surface area contributed by atoms with E-state index in [0.29, 0.717) is 0 Å². The summed E-state index contributed by atoms with van der Waals surface area (Å²) in [7, 11) is 0. The van der Waals surface area contributed by atoms with E-state index in [-0.39, 0.29) is 23.0 Å². The predicted octanol–water partition coefficient (Wildman–Crippen LogP) is 2.82. The first kappa shape index (κ1) is 20.5. The highest BCUT2D eigenvalue weighted by Crippen LogP contribution is 2.33. The highest BCUT2D eigenvalue weighted by molar-refractivity contribution is 6.33. The molecule has 2 rings (SSSR count). The van der Waals surface area contributed by atoms with Crippen LogP contribution in [0.4, 0.5) is 19.0 Å². The number of alkyl halides is 3. The number of amides is 1. The smallest absolute Gasteiger partial charge is 0.461 e. The average molecular weight is 403 g/mol. The van der Waals surface area contributed by atoms with Crippen LogP contribution in [0.15, 0.2) is 48.7 Å². The second-order valence-electron chi connectivity index (χ2n) is 5.30. The van der Waals surface area contributed by atoms with Crippen molar-refractivity contribution in [2.24, 2.45) is 0 Å². The molecule has 0 aliphatic heterocycles. The number of H-pyrrole nitrogens is 1. The van der Waals surface area contributed by atoms with Crippen molar-refractivity contribution in [1.82, 2.24) is 5.32 Å². The number of benzene rings is 1. The topological polar surface area (TPSA) is 81.6 Å². The van der Waals surface area contributed by atoms with Crippen molar-refractivity contribution in [2.75, 3.05) is 11.9 Å². The Morgan fingerprint density at radius 1 is 1.15 bits per heavy atom. The molecule has 0 unspecified atom stereocenters. The molecule has 27 heavy (non-hydrogen) atoms. The zero-order valence-corrected chi connectivity index (χ0v) is 14.8. The lowest BCUT2D eigenvalue weighted by Crippen LogP contribution is -2.69. The van der Waals surface area contributed by atoms with Gasteiger partial charge < -0.3 is 4.74 Å². The first-order chi connectivity index (χ1) is 12.7. The van der Waals surface area contributed by atoms with Gasteiger partial charge in [0.15, 0.2) is 0 Å². The number of ether oxygens (including phenoxy) is 1. The number of anilines is 1. The molecule has 1 aromatic heterocycles. The fourth-order valence-corrected chi connectivity index (χ4v) is 2.41. The van der Waals surface area contributed by atoms with E-state index in [1.807, 2.05) is 5.32 Å². The zero-order chi connectivity index (χ0) is 20.1. The molecule has 0 radical (unpaired) electrons. The van der Waals surface area contributed by atoms with E-state index in [1.54, 1.807) is 5.32 Å². The Morgan fingerprint density at radius 2 is 1.81 bits per heavy atom. The molecule has 0 aliphatic rings. The van der Waals surface area contributed by atoms with Crippen LogP contribution in [0.1, 0.15) is 17.3 Å². The minimum Gasteiger partial charge on any atom is -0.461 e. The average Bonchev–Trinajstić information content (AvgIpc) is 2.61. The van der Waals surface area contributed by atoms with Crippen LogP contribution in [0.2, 0.25) is 5.02 Å². The van der Waals surface area contributed by atoms with E-state index in [4.69, 9.17) is 11.6 Å². The highest BCUT2D eigenvalue weighted by atomic mass is 35.5. The van der Waals surface area contributed by atoms with Crippen molar-refractivity contribution in [3.8, 4) is 0 Å². The van der Waals surface area contributed by atoms with Gasteiger partial charge in [0.1, 0.15) is 0 Å². The van der Waals surface area contributed by atoms with Crippen molar-refractivity contribution in [3.63, 3.8) is 0 Å². The normalized spacial score (nSPS) is 13.4. The van der Waals surface area contributed by atoms with Gasteiger partial charge in [0, 0.05) is 6.07 Å². The fraction of sp³-hybridized carbons (Fsp3) is 0.235. The summed E-state index contributed by atoms with van der Waals surface area (Å²) in [6, 6.07) is 9.76. The van der Waals surface area contributed by atoms with Crippen molar-refractivity contribution in [2.45, 2.75) is 18.8 Å². The summed E-state index contributed by atoms with van der Waals surface area (Å²) in [5.74, 6) is -3.08. The van der Waals surface area contributed by atoms with Gasteiger partial charge in [0.25, 0.3) is 11.7 Å². The number of nitrogens with one attached hydrogen (secondary N) is 3. The lowest BCUT2D eigenvalue weighted by atomic mass is 10.1. The van der Waals surface area contributed by atoms with Gasteiger partial charge in [-0.2, -0.15) is 13.2 Å². The van der Waals surface area contributed by atoms with Crippen LogP contribution in [0.3, 0.4) is 0 Å². The van der Waals surface area contributed by atoms with Crippen molar-refractivity contribution in [1.29, 1.82) is 0 Å². The van der Waals surface area contributed by atoms with Gasteiger partial charge in [0.05, 0.1) is 23.4 Å². The van der Waals surface area contributed by atoms with Crippen molar-refractivity contribution in [3.05, 3.63) is 59.2 Å². The van der Waals surface area contributed by atoms with E-state index < -0.39 is 23.7 Å². The molecular weight excluding hydrogens is 387 g/mol. The third-order valence-corrected chi connectivity index (χ3v) is 3.79. The summed E-state index contributed by atoms with van der Waals surface area (Å²) in [4.78, 5) is 27.3. The molecule has 0 aliphatic carbocycles. The minimum atomic E-state index is -5.24. The maximum absolute atomic E-state index is 14.0. The summed E-state index contributed by atoms with van der Waals surface area (Å²) in [5, 5.41) is 3.65. The number of aromatic amines is 1. The minimum absolute atomic E-state index is 0.0683. The lowest BCUT2D eigenvalue weighted by molar-refractivity contribution is -0.363. The summed E-state index contributed by atoms with van der Waals surface area (Å²) in [6.45, 7) is 1.03. The Morgan fingerprint density at radius 3 is 2.37 bits per heavy atom. The number of carbonyl (C=O) groups excluding carboxylic acids is 2. The molecule has 1 heterocycles. The molecule has 0 bridgehead atoms. The number of carbonyl (C=O) groups is 2. The summed E-state index contributed by atoms with van der Waals surface area (Å²) < 4.78 is 46.5. The summed E-state index contributed by atoms with van der Waals surface area (Å²) >= 11 is 5.88. The van der Waals surface area contributed by atoms with E-state index in [0.717, 1.165) is 0 Å². The lowest BCUT2D eigenvalue weighted by Gasteiger charge is -2.30. The number of hydrogen-bond donors (Lipinski definition) is 2. The highest BCUT2D eigenvalue weighted by Gasteiger charge is 2.68. The number of pyridine rings is 1. The SMILES string of the molecule is CCOC(=O)[C@@](NC(=O)c1ccccc1Cl)(Nc1cccc[nH+]1)C(F)(F)F. The van der Waals surface area contributed by atoms with E-state index in [2.05, 4.69) is 9.72 Å². The van der Waals surface area contributed by atoms with Crippen LogP contribution in [0.25, 0.3) is 0 Å². The summed E-state index contributed by atoms with van der Waals surface area (Å²) in [5.41, 5.74) is -3.76. The van der Waals surface area contributed by atoms with Gasteiger partial charge in [-0.25, -0.2) is 15.1 Å². The molecule has 0 saturated heterocycles. The molecule has 0 saturated carbocycles. The molecule has 1 atom stereocenters. The van der Waals surface area contributed by atoms with Crippen LogP contribution in [0, 0.1) is 0 Å². The second-order valence-corrected chi connectivity index (χ2v) is 5.71. The quantitative estimate of drug-likeness (QED) is 0.575. The first-order valence-electron chi connectivity index (χ1n) is 7.77. The Bertz CT molecular complexity index is 818. The van der Waals surface area contributed by atoms with E-state index in [1.165, 1.54) is 55.6 Å². The molecule has 10 heteroatoms. The largest absolute Gasteiger partial charge is 0.464 e. The first-order valence-corrected chi connectivity index (χ1v) is 8.15.